The summed E-state index contributed by atoms with van der Waals surface area (Å²) in [6, 6.07) is 3.72. The van der Waals surface area contributed by atoms with Crippen LogP contribution in [0.1, 0.15) is 19.3 Å². The zero-order valence-corrected chi connectivity index (χ0v) is 11.8. The third-order valence-corrected chi connectivity index (χ3v) is 4.38. The number of hydrogen-bond donors (Lipinski definition) is 1. The SMILES string of the molecule is CS(=O)(=O)c1ccc(OC2CCC(N)C2)c([N+](=O)[O-])c1. The smallest absolute Gasteiger partial charge is 0.312 e. The summed E-state index contributed by atoms with van der Waals surface area (Å²) in [6.07, 6.45) is 3.05. The second-order valence-corrected chi connectivity index (χ2v) is 6.99. The van der Waals surface area contributed by atoms with E-state index in [1.54, 1.807) is 0 Å². The van der Waals surface area contributed by atoms with Crippen LogP contribution in [0.2, 0.25) is 0 Å². The molecule has 20 heavy (non-hydrogen) atoms. The Morgan fingerprint density at radius 2 is 2.10 bits per heavy atom. The normalized spacial score (nSPS) is 22.7. The quantitative estimate of drug-likeness (QED) is 0.661. The van der Waals surface area contributed by atoms with Crippen molar-refractivity contribution in [3.63, 3.8) is 0 Å². The molecule has 0 amide bonds. The third kappa shape index (κ3) is 3.26. The molecule has 2 atom stereocenters. The lowest BCUT2D eigenvalue weighted by Gasteiger charge is -2.13. The van der Waals surface area contributed by atoms with Gasteiger partial charge in [-0.05, 0) is 31.4 Å². The van der Waals surface area contributed by atoms with Gasteiger partial charge in [0.2, 0.25) is 0 Å². The van der Waals surface area contributed by atoms with Gasteiger partial charge in [0, 0.05) is 18.4 Å². The summed E-state index contributed by atoms with van der Waals surface area (Å²) in [5.74, 6) is 0.0847. The van der Waals surface area contributed by atoms with Crippen molar-refractivity contribution in [2.75, 3.05) is 6.26 Å². The van der Waals surface area contributed by atoms with Gasteiger partial charge in [0.15, 0.2) is 15.6 Å². The first kappa shape index (κ1) is 14.7. The first-order valence-corrected chi connectivity index (χ1v) is 8.07. The summed E-state index contributed by atoms with van der Waals surface area (Å²) in [4.78, 5) is 10.3. The van der Waals surface area contributed by atoms with Crippen molar-refractivity contribution in [2.45, 2.75) is 36.3 Å². The van der Waals surface area contributed by atoms with E-state index in [0.29, 0.717) is 6.42 Å². The first-order valence-electron chi connectivity index (χ1n) is 6.18. The molecule has 2 unspecified atom stereocenters. The molecule has 0 heterocycles. The zero-order chi connectivity index (χ0) is 14.9. The second kappa shape index (κ2) is 5.37. The maximum atomic E-state index is 11.4. The number of benzene rings is 1. The molecule has 1 aliphatic rings. The number of sulfone groups is 1. The van der Waals surface area contributed by atoms with Crippen LogP contribution in [0.5, 0.6) is 5.75 Å². The summed E-state index contributed by atoms with van der Waals surface area (Å²) in [7, 11) is -3.49. The molecule has 0 spiro atoms. The molecule has 1 aliphatic carbocycles. The fraction of sp³-hybridized carbons (Fsp3) is 0.500. The fourth-order valence-electron chi connectivity index (χ4n) is 2.23. The fourth-order valence-corrected chi connectivity index (χ4v) is 2.87. The van der Waals surface area contributed by atoms with E-state index in [0.717, 1.165) is 25.2 Å². The van der Waals surface area contributed by atoms with Gasteiger partial charge in [0.25, 0.3) is 0 Å². The highest BCUT2D eigenvalue weighted by Gasteiger charge is 2.27. The molecule has 1 saturated carbocycles. The minimum atomic E-state index is -3.49. The largest absolute Gasteiger partial charge is 0.483 e. The Kier molecular flexibility index (Phi) is 3.96. The van der Waals surface area contributed by atoms with Crippen molar-refractivity contribution in [3.8, 4) is 5.75 Å². The maximum Gasteiger partial charge on any atom is 0.312 e. The number of nitro benzene ring substituents is 1. The van der Waals surface area contributed by atoms with E-state index in [2.05, 4.69) is 0 Å². The number of rotatable bonds is 4. The Morgan fingerprint density at radius 3 is 2.60 bits per heavy atom. The lowest BCUT2D eigenvalue weighted by atomic mass is 10.2. The third-order valence-electron chi connectivity index (χ3n) is 3.27. The molecule has 0 aromatic heterocycles. The Balaban J connectivity index is 2.31. The first-order chi connectivity index (χ1) is 9.27. The molecule has 7 nitrogen and oxygen atoms in total. The van der Waals surface area contributed by atoms with Gasteiger partial charge in [-0.25, -0.2) is 8.42 Å². The van der Waals surface area contributed by atoms with Gasteiger partial charge in [-0.3, -0.25) is 10.1 Å². The molecule has 1 aromatic rings. The summed E-state index contributed by atoms with van der Waals surface area (Å²) >= 11 is 0. The van der Waals surface area contributed by atoms with Crippen LogP contribution >= 0.6 is 0 Å². The van der Waals surface area contributed by atoms with Crippen molar-refractivity contribution in [3.05, 3.63) is 28.3 Å². The number of nitro groups is 1. The van der Waals surface area contributed by atoms with Crippen LogP contribution < -0.4 is 10.5 Å². The van der Waals surface area contributed by atoms with Gasteiger partial charge in [0.05, 0.1) is 9.82 Å². The van der Waals surface area contributed by atoms with Crippen molar-refractivity contribution in [1.29, 1.82) is 0 Å². The Labute approximate surface area is 116 Å². The van der Waals surface area contributed by atoms with Crippen LogP contribution in [0, 0.1) is 10.1 Å². The van der Waals surface area contributed by atoms with E-state index in [-0.39, 0.29) is 28.5 Å². The summed E-state index contributed by atoms with van der Waals surface area (Å²) < 4.78 is 28.4. The van der Waals surface area contributed by atoms with Gasteiger partial charge in [-0.2, -0.15) is 0 Å². The average Bonchev–Trinajstić information content (AvgIpc) is 2.73. The average molecular weight is 300 g/mol. The van der Waals surface area contributed by atoms with Crippen LogP contribution in [-0.2, 0) is 9.84 Å². The highest BCUT2D eigenvalue weighted by molar-refractivity contribution is 7.90. The van der Waals surface area contributed by atoms with Crippen molar-refractivity contribution >= 4 is 15.5 Å². The molecular formula is C12H16N2O5S. The zero-order valence-electron chi connectivity index (χ0n) is 11.0. The van der Waals surface area contributed by atoms with Crippen molar-refractivity contribution in [2.24, 2.45) is 5.73 Å². The van der Waals surface area contributed by atoms with E-state index >= 15 is 0 Å². The molecule has 1 fully saturated rings. The number of nitrogens with two attached hydrogens (primary N) is 1. The standard InChI is InChI=1S/C12H16N2O5S/c1-20(17,18)10-4-5-12(11(7-10)14(15)16)19-9-3-2-8(13)6-9/h4-5,7-9H,2-3,6,13H2,1H3. The van der Waals surface area contributed by atoms with Gasteiger partial charge >= 0.3 is 5.69 Å². The minimum absolute atomic E-state index is 0.0503. The van der Waals surface area contributed by atoms with Crippen LogP contribution in [0.3, 0.4) is 0 Å². The lowest BCUT2D eigenvalue weighted by molar-refractivity contribution is -0.386. The number of hydrogen-bond acceptors (Lipinski definition) is 6. The molecule has 0 bridgehead atoms. The molecular weight excluding hydrogens is 284 g/mol. The Bertz CT molecular complexity index is 629. The highest BCUT2D eigenvalue weighted by atomic mass is 32.2. The Hall–Kier alpha value is -1.67. The van der Waals surface area contributed by atoms with Crippen LogP contribution in [0.25, 0.3) is 0 Å². The molecule has 110 valence electrons. The molecule has 0 saturated heterocycles. The van der Waals surface area contributed by atoms with Gasteiger partial charge in [-0.1, -0.05) is 0 Å². The van der Waals surface area contributed by atoms with E-state index in [1.165, 1.54) is 12.1 Å². The number of nitrogens with zero attached hydrogens (tertiary/aromatic N) is 1. The van der Waals surface area contributed by atoms with Gasteiger partial charge in [-0.15, -0.1) is 0 Å². The predicted molar refractivity (Wildman–Crippen MR) is 72.4 cm³/mol. The molecule has 2 rings (SSSR count). The number of ether oxygens (including phenoxy) is 1. The summed E-state index contributed by atoms with van der Waals surface area (Å²) in [5.41, 5.74) is 5.43. The monoisotopic (exact) mass is 300 g/mol. The molecule has 2 N–H and O–H groups in total. The van der Waals surface area contributed by atoms with Gasteiger partial charge in [0.1, 0.15) is 6.10 Å². The maximum absolute atomic E-state index is 11.4. The molecule has 1 aromatic carbocycles. The van der Waals surface area contributed by atoms with Crippen LogP contribution in [-0.4, -0.2) is 31.7 Å². The topological polar surface area (TPSA) is 113 Å². The van der Waals surface area contributed by atoms with E-state index in [9.17, 15) is 18.5 Å². The second-order valence-electron chi connectivity index (χ2n) is 4.97. The Morgan fingerprint density at radius 1 is 1.40 bits per heavy atom. The molecule has 8 heteroatoms. The van der Waals surface area contributed by atoms with Crippen molar-refractivity contribution < 1.29 is 18.1 Å². The lowest BCUT2D eigenvalue weighted by Crippen LogP contribution is -2.19. The van der Waals surface area contributed by atoms with Gasteiger partial charge < -0.3 is 10.5 Å². The van der Waals surface area contributed by atoms with E-state index in [1.807, 2.05) is 0 Å². The molecule has 0 radical (unpaired) electrons. The summed E-state index contributed by atoms with van der Waals surface area (Å²) in [5, 5.41) is 11.0. The van der Waals surface area contributed by atoms with E-state index < -0.39 is 14.8 Å². The van der Waals surface area contributed by atoms with Crippen molar-refractivity contribution in [1.82, 2.24) is 0 Å². The molecule has 0 aliphatic heterocycles. The highest BCUT2D eigenvalue weighted by Crippen LogP contribution is 2.33. The van der Waals surface area contributed by atoms with Crippen LogP contribution in [0.15, 0.2) is 23.1 Å². The van der Waals surface area contributed by atoms with E-state index in [4.69, 9.17) is 10.5 Å². The summed E-state index contributed by atoms with van der Waals surface area (Å²) in [6.45, 7) is 0. The minimum Gasteiger partial charge on any atom is -0.483 e. The van der Waals surface area contributed by atoms with Crippen LogP contribution in [0.4, 0.5) is 5.69 Å². The predicted octanol–water partition coefficient (Wildman–Crippen LogP) is 1.26.